The van der Waals surface area contributed by atoms with Crippen molar-refractivity contribution in [3.05, 3.63) is 25.3 Å². The van der Waals surface area contributed by atoms with Crippen LogP contribution in [0.15, 0.2) is 25.3 Å². The average Bonchev–Trinajstić information content (AvgIpc) is 2.35. The molecular weight excluding hydrogens is 368 g/mol. The van der Waals surface area contributed by atoms with Gasteiger partial charge in [-0.1, -0.05) is 12.2 Å². The molecule has 0 aromatic carbocycles. The van der Waals surface area contributed by atoms with Gasteiger partial charge in [-0.2, -0.15) is 0 Å². The fourth-order valence-electron chi connectivity index (χ4n) is 2.05. The lowest BCUT2D eigenvalue weighted by molar-refractivity contribution is -0.144. The van der Waals surface area contributed by atoms with Gasteiger partial charge in [0.05, 0.1) is 0 Å². The minimum absolute atomic E-state index is 0.340. The normalized spacial score (nSPS) is 16.2. The van der Waals surface area contributed by atoms with E-state index >= 15 is 0 Å². The van der Waals surface area contributed by atoms with Gasteiger partial charge in [0.1, 0.15) is 17.6 Å². The molecule has 0 spiro atoms. The fourth-order valence-corrected chi connectivity index (χ4v) is 4.01. The van der Waals surface area contributed by atoms with Crippen molar-refractivity contribution in [1.82, 2.24) is 4.90 Å². The van der Waals surface area contributed by atoms with E-state index in [0.29, 0.717) is 17.1 Å². The van der Waals surface area contributed by atoms with E-state index in [-0.39, 0.29) is 0 Å². The summed E-state index contributed by atoms with van der Waals surface area (Å²) in [5.74, 6) is -7.23. The summed E-state index contributed by atoms with van der Waals surface area (Å²) in [6.07, 6.45) is -0.0733. The molecular formula is C11H19NO10P2. The first-order valence-electron chi connectivity index (χ1n) is 6.35. The van der Waals surface area contributed by atoms with Crippen LogP contribution in [0.5, 0.6) is 0 Å². The Morgan fingerprint density at radius 1 is 0.958 bits per heavy atom. The quantitative estimate of drug-likeness (QED) is 0.206. The molecule has 3 atom stereocenters. The molecule has 0 saturated carbocycles. The Labute approximate surface area is 137 Å². The molecule has 0 bridgehead atoms. The molecule has 0 saturated heterocycles. The molecule has 0 aliphatic carbocycles. The number of carbonyl (C=O) groups is 2. The molecule has 138 valence electrons. The molecule has 0 heterocycles. The highest BCUT2D eigenvalue weighted by Gasteiger charge is 2.47. The summed E-state index contributed by atoms with van der Waals surface area (Å²) in [7, 11) is -10.2. The second-order valence-corrected chi connectivity index (χ2v) is 8.13. The van der Waals surface area contributed by atoms with E-state index < -0.39 is 57.6 Å². The molecule has 6 N–H and O–H groups in total. The van der Waals surface area contributed by atoms with Gasteiger partial charge in [0.2, 0.25) is 0 Å². The standard InChI is InChI=1S/C11H19NO10P2/c1-3-8(23(17,18)19)12(9(4-2)24(20,21)22)7(11(15)16)5-6-10(13)14/h3-4,7-9H,1-2,5-6H2,(H,13,14)(H,15,16)(H2,17,18,19)(H2,20,21,22). The Morgan fingerprint density at radius 2 is 1.33 bits per heavy atom. The first-order chi connectivity index (χ1) is 10.8. The first-order valence-corrected chi connectivity index (χ1v) is 9.71. The van der Waals surface area contributed by atoms with E-state index in [9.17, 15) is 43.4 Å². The minimum atomic E-state index is -5.10. The van der Waals surface area contributed by atoms with Crippen molar-refractivity contribution in [2.24, 2.45) is 0 Å². The molecule has 24 heavy (non-hydrogen) atoms. The van der Waals surface area contributed by atoms with Gasteiger partial charge in [0.15, 0.2) is 0 Å². The van der Waals surface area contributed by atoms with E-state index in [1.54, 1.807) is 0 Å². The summed E-state index contributed by atoms with van der Waals surface area (Å²) >= 11 is 0. The Hall–Kier alpha value is -1.32. The van der Waals surface area contributed by atoms with Crippen LogP contribution in [-0.2, 0) is 18.7 Å². The number of carboxylic acid groups (broad SMARTS) is 2. The topological polar surface area (TPSA) is 193 Å². The zero-order valence-corrected chi connectivity index (χ0v) is 14.2. The lowest BCUT2D eigenvalue weighted by Crippen LogP contribution is -2.51. The summed E-state index contributed by atoms with van der Waals surface area (Å²) in [6.45, 7) is 6.31. The monoisotopic (exact) mass is 387 g/mol. The Kier molecular flexibility index (Phi) is 8.20. The zero-order chi connectivity index (χ0) is 19.3. The molecule has 0 aromatic heterocycles. The second-order valence-electron chi connectivity index (χ2n) is 4.71. The number of hydrogen-bond acceptors (Lipinski definition) is 5. The molecule has 13 heteroatoms. The number of aliphatic carboxylic acids is 2. The van der Waals surface area contributed by atoms with Crippen LogP contribution in [0.3, 0.4) is 0 Å². The molecule has 0 aromatic rings. The van der Waals surface area contributed by atoms with Crippen molar-refractivity contribution in [1.29, 1.82) is 0 Å². The highest BCUT2D eigenvalue weighted by molar-refractivity contribution is 7.53. The van der Waals surface area contributed by atoms with Crippen molar-refractivity contribution in [3.8, 4) is 0 Å². The van der Waals surface area contributed by atoms with E-state index in [1.807, 2.05) is 0 Å². The molecule has 0 amide bonds. The SMILES string of the molecule is C=CC(N(C(CCC(=O)O)C(=O)O)C(C=C)P(=O)(O)O)P(=O)(O)O. The van der Waals surface area contributed by atoms with Gasteiger partial charge in [0, 0.05) is 6.42 Å². The second kappa shape index (κ2) is 8.68. The number of nitrogens with zero attached hydrogens (tertiary/aromatic N) is 1. The van der Waals surface area contributed by atoms with Crippen LogP contribution < -0.4 is 0 Å². The number of carboxylic acids is 2. The molecule has 3 unspecified atom stereocenters. The summed E-state index contributed by atoms with van der Waals surface area (Å²) in [5.41, 5.74) is 0. The van der Waals surface area contributed by atoms with Gasteiger partial charge >= 0.3 is 27.1 Å². The lowest BCUT2D eigenvalue weighted by Gasteiger charge is -2.39. The maximum atomic E-state index is 11.6. The van der Waals surface area contributed by atoms with Gasteiger partial charge in [-0.25, -0.2) is 0 Å². The van der Waals surface area contributed by atoms with Crippen molar-refractivity contribution >= 4 is 27.1 Å². The van der Waals surface area contributed by atoms with E-state index in [4.69, 9.17) is 5.11 Å². The van der Waals surface area contributed by atoms with Gasteiger partial charge in [0.25, 0.3) is 0 Å². The third-order valence-corrected chi connectivity index (χ3v) is 5.33. The van der Waals surface area contributed by atoms with Crippen LogP contribution >= 0.6 is 15.2 Å². The van der Waals surface area contributed by atoms with E-state index in [1.165, 1.54) is 0 Å². The molecule has 0 radical (unpaired) electrons. The predicted molar refractivity (Wildman–Crippen MR) is 82.2 cm³/mol. The molecule has 0 aliphatic heterocycles. The van der Waals surface area contributed by atoms with Crippen LogP contribution in [0.2, 0.25) is 0 Å². The van der Waals surface area contributed by atoms with E-state index in [0.717, 1.165) is 0 Å². The summed E-state index contributed by atoms with van der Waals surface area (Å²) in [6, 6.07) is -1.91. The molecule has 0 rings (SSSR count). The van der Waals surface area contributed by atoms with Crippen LogP contribution in [0.4, 0.5) is 0 Å². The fraction of sp³-hybridized carbons (Fsp3) is 0.455. The Balaban J connectivity index is 6.25. The summed E-state index contributed by atoms with van der Waals surface area (Å²) < 4.78 is 23.2. The van der Waals surface area contributed by atoms with Crippen LogP contribution in [-0.4, -0.2) is 64.2 Å². The third kappa shape index (κ3) is 6.29. The van der Waals surface area contributed by atoms with Crippen molar-refractivity contribution in [2.45, 2.75) is 30.4 Å². The maximum absolute atomic E-state index is 11.6. The highest BCUT2D eigenvalue weighted by Crippen LogP contribution is 2.52. The van der Waals surface area contributed by atoms with Crippen LogP contribution in [0.1, 0.15) is 12.8 Å². The first kappa shape index (κ1) is 22.7. The number of rotatable bonds is 11. The molecule has 0 fully saturated rings. The highest BCUT2D eigenvalue weighted by atomic mass is 31.2. The third-order valence-electron chi connectivity index (χ3n) is 3.00. The van der Waals surface area contributed by atoms with Gasteiger partial charge in [-0.05, 0) is 6.42 Å². The Morgan fingerprint density at radius 3 is 1.54 bits per heavy atom. The van der Waals surface area contributed by atoms with Gasteiger partial charge < -0.3 is 29.8 Å². The zero-order valence-electron chi connectivity index (χ0n) is 12.4. The summed E-state index contributed by atoms with van der Waals surface area (Å²) in [4.78, 5) is 59.9. The summed E-state index contributed by atoms with van der Waals surface area (Å²) in [5, 5.41) is 17.9. The van der Waals surface area contributed by atoms with Crippen LogP contribution in [0, 0.1) is 0 Å². The predicted octanol–water partition coefficient (Wildman–Crippen LogP) is -0.0140. The smallest absolute Gasteiger partial charge is 0.346 e. The van der Waals surface area contributed by atoms with Crippen molar-refractivity contribution in [3.63, 3.8) is 0 Å². The number of hydrogen-bond donors (Lipinski definition) is 6. The molecule has 11 nitrogen and oxygen atoms in total. The van der Waals surface area contributed by atoms with E-state index in [2.05, 4.69) is 13.2 Å². The molecule has 0 aliphatic rings. The maximum Gasteiger partial charge on any atom is 0.346 e. The van der Waals surface area contributed by atoms with Crippen molar-refractivity contribution in [2.75, 3.05) is 0 Å². The van der Waals surface area contributed by atoms with Crippen LogP contribution in [0.25, 0.3) is 0 Å². The van der Waals surface area contributed by atoms with Gasteiger partial charge in [-0.15, -0.1) is 13.2 Å². The van der Waals surface area contributed by atoms with Crippen molar-refractivity contribution < 1.29 is 48.5 Å². The average molecular weight is 387 g/mol. The Bertz CT molecular complexity index is 560. The largest absolute Gasteiger partial charge is 0.481 e. The minimum Gasteiger partial charge on any atom is -0.481 e. The lowest BCUT2D eigenvalue weighted by atomic mass is 10.1. The van der Waals surface area contributed by atoms with Gasteiger partial charge in [-0.3, -0.25) is 23.6 Å².